The van der Waals surface area contributed by atoms with E-state index in [9.17, 15) is 0 Å². The Labute approximate surface area is 111 Å². The molecule has 0 bridgehead atoms. The van der Waals surface area contributed by atoms with Crippen LogP contribution in [-0.4, -0.2) is 40.4 Å². The summed E-state index contributed by atoms with van der Waals surface area (Å²) in [5.41, 5.74) is 9.03. The van der Waals surface area contributed by atoms with E-state index in [0.29, 0.717) is 0 Å². The first-order valence-corrected chi connectivity index (χ1v) is 6.73. The minimum Gasteiger partial charge on any atom is -0.369 e. The first-order chi connectivity index (χ1) is 8.56. The SMILES string of the molecule is Cc1n[nH]c(C)c1CSCCN(C)C(N)=NC#N. The van der Waals surface area contributed by atoms with Crippen molar-refractivity contribution in [1.29, 1.82) is 5.26 Å². The molecule has 1 rings (SSSR count). The number of rotatable bonds is 5. The Kier molecular flexibility index (Phi) is 5.52. The summed E-state index contributed by atoms with van der Waals surface area (Å²) in [6.07, 6.45) is 1.68. The van der Waals surface area contributed by atoms with E-state index < -0.39 is 0 Å². The van der Waals surface area contributed by atoms with Crippen molar-refractivity contribution in [2.75, 3.05) is 19.3 Å². The largest absolute Gasteiger partial charge is 0.369 e. The zero-order valence-electron chi connectivity index (χ0n) is 10.9. The molecule has 3 N–H and O–H groups in total. The van der Waals surface area contributed by atoms with Crippen molar-refractivity contribution in [3.05, 3.63) is 17.0 Å². The van der Waals surface area contributed by atoms with E-state index in [1.165, 1.54) is 5.56 Å². The van der Waals surface area contributed by atoms with Gasteiger partial charge in [0.2, 0.25) is 12.2 Å². The summed E-state index contributed by atoms with van der Waals surface area (Å²) in [4.78, 5) is 5.25. The van der Waals surface area contributed by atoms with Crippen molar-refractivity contribution in [2.45, 2.75) is 19.6 Å². The number of nitrogens with one attached hydrogen (secondary N) is 1. The Morgan fingerprint density at radius 2 is 2.33 bits per heavy atom. The topological polar surface area (TPSA) is 94.1 Å². The van der Waals surface area contributed by atoms with Gasteiger partial charge < -0.3 is 10.6 Å². The maximum absolute atomic E-state index is 8.38. The maximum atomic E-state index is 8.38. The number of nitriles is 1. The number of aromatic nitrogens is 2. The van der Waals surface area contributed by atoms with E-state index in [2.05, 4.69) is 15.2 Å². The quantitative estimate of drug-likeness (QED) is 0.359. The van der Waals surface area contributed by atoms with Gasteiger partial charge in [-0.05, 0) is 13.8 Å². The fourth-order valence-corrected chi connectivity index (χ4v) is 2.59. The van der Waals surface area contributed by atoms with Crippen LogP contribution in [0.2, 0.25) is 0 Å². The van der Waals surface area contributed by atoms with Crippen LogP contribution >= 0.6 is 11.8 Å². The number of H-pyrrole nitrogens is 1. The highest BCUT2D eigenvalue weighted by molar-refractivity contribution is 7.98. The van der Waals surface area contributed by atoms with E-state index in [-0.39, 0.29) is 5.96 Å². The first-order valence-electron chi connectivity index (χ1n) is 5.57. The molecule has 1 heterocycles. The normalized spacial score (nSPS) is 11.3. The lowest BCUT2D eigenvalue weighted by Gasteiger charge is -2.16. The molecule has 0 saturated carbocycles. The molecule has 18 heavy (non-hydrogen) atoms. The van der Waals surface area contributed by atoms with Crippen LogP contribution in [0.15, 0.2) is 4.99 Å². The van der Waals surface area contributed by atoms with Gasteiger partial charge in [0, 0.05) is 36.4 Å². The van der Waals surface area contributed by atoms with Crippen LogP contribution in [0, 0.1) is 25.3 Å². The maximum Gasteiger partial charge on any atom is 0.209 e. The minimum absolute atomic E-state index is 0.258. The predicted molar refractivity (Wildman–Crippen MR) is 74.1 cm³/mol. The summed E-state index contributed by atoms with van der Waals surface area (Å²) in [5, 5.41) is 15.5. The van der Waals surface area contributed by atoms with Gasteiger partial charge in [0.25, 0.3) is 0 Å². The average Bonchev–Trinajstić information content (AvgIpc) is 2.65. The highest BCUT2D eigenvalue weighted by Crippen LogP contribution is 2.17. The number of hydrogen-bond acceptors (Lipinski definition) is 4. The fraction of sp³-hybridized carbons (Fsp3) is 0.545. The molecule has 0 aliphatic rings. The average molecular weight is 266 g/mol. The van der Waals surface area contributed by atoms with Crippen molar-refractivity contribution >= 4 is 17.7 Å². The summed E-state index contributed by atoms with van der Waals surface area (Å²) >= 11 is 1.81. The third-order valence-corrected chi connectivity index (χ3v) is 3.62. The molecule has 1 aromatic heterocycles. The molecule has 0 aliphatic heterocycles. The smallest absolute Gasteiger partial charge is 0.209 e. The Morgan fingerprint density at radius 1 is 1.61 bits per heavy atom. The summed E-state index contributed by atoms with van der Waals surface area (Å²) in [6, 6.07) is 0. The Bertz CT molecular complexity index is 439. The molecule has 0 fully saturated rings. The Hall–Kier alpha value is -1.68. The van der Waals surface area contributed by atoms with Gasteiger partial charge in [-0.1, -0.05) is 0 Å². The number of aromatic amines is 1. The highest BCUT2D eigenvalue weighted by Gasteiger charge is 2.06. The first kappa shape index (κ1) is 14.4. The molecule has 0 aromatic carbocycles. The number of nitrogens with two attached hydrogens (primary N) is 1. The van der Waals surface area contributed by atoms with Gasteiger partial charge in [0.1, 0.15) is 0 Å². The van der Waals surface area contributed by atoms with E-state index in [1.54, 1.807) is 11.1 Å². The molecular formula is C11H18N6S. The second kappa shape index (κ2) is 6.91. The van der Waals surface area contributed by atoms with Gasteiger partial charge in [0.05, 0.1) is 5.69 Å². The molecular weight excluding hydrogens is 248 g/mol. The molecule has 7 heteroatoms. The number of aryl methyl sites for hydroxylation is 2. The van der Waals surface area contributed by atoms with Crippen LogP contribution in [0.1, 0.15) is 17.0 Å². The van der Waals surface area contributed by atoms with Crippen LogP contribution in [0.5, 0.6) is 0 Å². The van der Waals surface area contributed by atoms with Crippen molar-refractivity contribution in [2.24, 2.45) is 10.7 Å². The zero-order valence-corrected chi connectivity index (χ0v) is 11.7. The third kappa shape index (κ3) is 3.96. The summed E-state index contributed by atoms with van der Waals surface area (Å²) in [6.45, 7) is 4.79. The van der Waals surface area contributed by atoms with Crippen LogP contribution < -0.4 is 5.73 Å². The minimum atomic E-state index is 0.258. The fourth-order valence-electron chi connectivity index (χ4n) is 1.41. The number of guanidine groups is 1. The molecule has 0 saturated heterocycles. The zero-order chi connectivity index (χ0) is 13.5. The lowest BCUT2D eigenvalue weighted by atomic mass is 10.2. The van der Waals surface area contributed by atoms with E-state index >= 15 is 0 Å². The monoisotopic (exact) mass is 266 g/mol. The Morgan fingerprint density at radius 3 is 2.89 bits per heavy atom. The van der Waals surface area contributed by atoms with Gasteiger partial charge in [-0.2, -0.15) is 22.1 Å². The van der Waals surface area contributed by atoms with Crippen molar-refractivity contribution in [3.63, 3.8) is 0 Å². The standard InChI is InChI=1S/C11H18N6S/c1-8-10(9(2)16-15-8)6-18-5-4-17(3)11(13)14-7-12/h4-6H2,1-3H3,(H2,13,14)(H,15,16). The van der Waals surface area contributed by atoms with Crippen LogP contribution in [0.4, 0.5) is 0 Å². The highest BCUT2D eigenvalue weighted by atomic mass is 32.2. The van der Waals surface area contributed by atoms with Gasteiger partial charge in [0.15, 0.2) is 0 Å². The van der Waals surface area contributed by atoms with Crippen LogP contribution in [0.3, 0.4) is 0 Å². The molecule has 1 aromatic rings. The van der Waals surface area contributed by atoms with Crippen molar-refractivity contribution in [1.82, 2.24) is 15.1 Å². The second-order valence-corrected chi connectivity index (χ2v) is 5.06. The summed E-state index contributed by atoms with van der Waals surface area (Å²) < 4.78 is 0. The van der Waals surface area contributed by atoms with Crippen molar-refractivity contribution in [3.8, 4) is 6.19 Å². The van der Waals surface area contributed by atoms with E-state index in [4.69, 9.17) is 11.0 Å². The summed E-state index contributed by atoms with van der Waals surface area (Å²) in [5.74, 6) is 2.10. The number of hydrogen-bond donors (Lipinski definition) is 2. The van der Waals surface area contributed by atoms with E-state index in [1.807, 2.05) is 32.7 Å². The van der Waals surface area contributed by atoms with Crippen LogP contribution in [0.25, 0.3) is 0 Å². The van der Waals surface area contributed by atoms with Crippen LogP contribution in [-0.2, 0) is 5.75 Å². The molecule has 0 amide bonds. The van der Waals surface area contributed by atoms with Gasteiger partial charge in [-0.3, -0.25) is 5.10 Å². The number of thioether (sulfide) groups is 1. The molecule has 0 unspecified atom stereocenters. The number of nitrogens with zero attached hydrogens (tertiary/aromatic N) is 4. The Balaban J connectivity index is 2.32. The van der Waals surface area contributed by atoms with Gasteiger partial charge in [-0.15, -0.1) is 4.99 Å². The lowest BCUT2D eigenvalue weighted by Crippen LogP contribution is -2.35. The lowest BCUT2D eigenvalue weighted by molar-refractivity contribution is 0.534. The third-order valence-electron chi connectivity index (χ3n) is 2.65. The summed E-state index contributed by atoms with van der Waals surface area (Å²) in [7, 11) is 1.82. The van der Waals surface area contributed by atoms with Gasteiger partial charge >= 0.3 is 0 Å². The molecule has 0 aliphatic carbocycles. The second-order valence-electron chi connectivity index (χ2n) is 3.96. The van der Waals surface area contributed by atoms with E-state index in [0.717, 1.165) is 29.4 Å². The van der Waals surface area contributed by atoms with Crippen molar-refractivity contribution < 1.29 is 0 Å². The predicted octanol–water partition coefficient (Wildman–Crippen LogP) is 0.987. The van der Waals surface area contributed by atoms with Gasteiger partial charge in [-0.25, -0.2) is 0 Å². The molecule has 0 spiro atoms. The molecule has 0 radical (unpaired) electrons. The number of aliphatic imine (C=N–C) groups is 1. The molecule has 0 atom stereocenters. The molecule has 6 nitrogen and oxygen atoms in total. The molecule has 98 valence electrons.